The third-order valence-electron chi connectivity index (χ3n) is 4.03. The molecule has 0 bridgehead atoms. The molecule has 1 aliphatic rings. The van der Waals surface area contributed by atoms with Crippen LogP contribution in [0, 0.1) is 5.92 Å². The molecule has 0 spiro atoms. The number of anilines is 1. The minimum absolute atomic E-state index is 0.365. The van der Waals surface area contributed by atoms with Crippen molar-refractivity contribution in [1.29, 1.82) is 0 Å². The van der Waals surface area contributed by atoms with Crippen LogP contribution in [0.1, 0.15) is 51.0 Å². The summed E-state index contributed by atoms with van der Waals surface area (Å²) in [5.41, 5.74) is 6.59. The van der Waals surface area contributed by atoms with Crippen molar-refractivity contribution in [3.63, 3.8) is 0 Å². The minimum Gasteiger partial charge on any atom is -0.383 e. The topological polar surface area (TPSA) is 61.0 Å². The van der Waals surface area contributed by atoms with Crippen LogP contribution in [0.25, 0.3) is 0 Å². The van der Waals surface area contributed by atoms with E-state index in [2.05, 4.69) is 39.7 Å². The van der Waals surface area contributed by atoms with Gasteiger partial charge in [0.05, 0.1) is 10.2 Å². The fourth-order valence-electron chi connectivity index (χ4n) is 2.93. The van der Waals surface area contributed by atoms with Crippen LogP contribution < -0.4 is 5.73 Å². The van der Waals surface area contributed by atoms with E-state index in [0.717, 1.165) is 41.7 Å². The Kier molecular flexibility index (Phi) is 4.46. The lowest BCUT2D eigenvalue weighted by molar-refractivity contribution is -0.0646. The Labute approximate surface area is 123 Å². The predicted octanol–water partition coefficient (Wildman–Crippen LogP) is 3.44. The number of halogens is 1. The predicted molar refractivity (Wildman–Crippen MR) is 79.8 cm³/mol. The second kappa shape index (κ2) is 5.75. The van der Waals surface area contributed by atoms with Crippen molar-refractivity contribution < 1.29 is 4.74 Å². The summed E-state index contributed by atoms with van der Waals surface area (Å²) in [5, 5.41) is 0. The molecule has 2 atom stereocenters. The second-order valence-electron chi connectivity index (χ2n) is 5.45. The molecule has 1 saturated carbocycles. The third-order valence-corrected chi connectivity index (χ3v) is 4.90. The highest BCUT2D eigenvalue weighted by molar-refractivity contribution is 9.10. The van der Waals surface area contributed by atoms with E-state index < -0.39 is 0 Å². The van der Waals surface area contributed by atoms with E-state index in [1.807, 2.05) is 0 Å². The van der Waals surface area contributed by atoms with Crippen molar-refractivity contribution >= 4 is 21.7 Å². The number of nitrogens with zero attached hydrogens (tertiary/aromatic N) is 2. The van der Waals surface area contributed by atoms with E-state index in [1.54, 1.807) is 7.11 Å². The number of hydrogen-bond donors (Lipinski definition) is 1. The maximum atomic E-state index is 6.00. The van der Waals surface area contributed by atoms with Crippen LogP contribution in [0.5, 0.6) is 0 Å². The number of aromatic nitrogens is 2. The Morgan fingerprint density at radius 3 is 2.79 bits per heavy atom. The normalized spacial score (nSPS) is 27.5. The lowest BCUT2D eigenvalue weighted by atomic mass is 9.78. The zero-order valence-electron chi connectivity index (χ0n) is 11.9. The lowest BCUT2D eigenvalue weighted by Crippen LogP contribution is -2.36. The van der Waals surface area contributed by atoms with E-state index in [4.69, 9.17) is 10.5 Å². The smallest absolute Gasteiger partial charge is 0.162 e. The summed E-state index contributed by atoms with van der Waals surface area (Å²) >= 11 is 3.46. The van der Waals surface area contributed by atoms with E-state index in [0.29, 0.717) is 11.7 Å². The van der Waals surface area contributed by atoms with Gasteiger partial charge in [0.2, 0.25) is 0 Å². The maximum absolute atomic E-state index is 6.00. The standard InChI is InChI=1S/C14H22BrN3O/c1-4-10-11(15)12(16)18-13(17-10)14(19-3)7-5-6-9(2)8-14/h9H,4-8H2,1-3H3,(H2,16,17,18). The number of nitrogen functional groups attached to an aromatic ring is 1. The molecule has 106 valence electrons. The first kappa shape index (κ1) is 14.7. The summed E-state index contributed by atoms with van der Waals surface area (Å²) in [6.45, 7) is 4.33. The number of rotatable bonds is 3. The molecule has 2 N–H and O–H groups in total. The summed E-state index contributed by atoms with van der Waals surface area (Å²) in [7, 11) is 1.76. The molecule has 0 amide bonds. The van der Waals surface area contributed by atoms with Gasteiger partial charge in [0.1, 0.15) is 11.4 Å². The molecule has 19 heavy (non-hydrogen) atoms. The van der Waals surface area contributed by atoms with Gasteiger partial charge in [-0.2, -0.15) is 0 Å². The number of hydrogen-bond acceptors (Lipinski definition) is 4. The molecular weight excluding hydrogens is 306 g/mol. The first-order valence-electron chi connectivity index (χ1n) is 6.90. The molecule has 0 aromatic carbocycles. The van der Waals surface area contributed by atoms with Gasteiger partial charge >= 0.3 is 0 Å². The molecule has 0 saturated heterocycles. The molecular formula is C14H22BrN3O. The van der Waals surface area contributed by atoms with Crippen molar-refractivity contribution in [2.24, 2.45) is 5.92 Å². The highest BCUT2D eigenvalue weighted by atomic mass is 79.9. The molecule has 0 aliphatic heterocycles. The quantitative estimate of drug-likeness (QED) is 0.923. The first-order valence-corrected chi connectivity index (χ1v) is 7.69. The SMILES string of the molecule is CCc1nc(C2(OC)CCCC(C)C2)nc(N)c1Br. The molecule has 0 radical (unpaired) electrons. The minimum atomic E-state index is -0.365. The average molecular weight is 328 g/mol. The van der Waals surface area contributed by atoms with Gasteiger partial charge in [-0.3, -0.25) is 0 Å². The summed E-state index contributed by atoms with van der Waals surface area (Å²) in [5.74, 6) is 1.89. The van der Waals surface area contributed by atoms with Gasteiger partial charge in [0, 0.05) is 7.11 Å². The van der Waals surface area contributed by atoms with E-state index in [1.165, 1.54) is 6.42 Å². The largest absolute Gasteiger partial charge is 0.383 e. The van der Waals surface area contributed by atoms with E-state index in [9.17, 15) is 0 Å². The molecule has 2 unspecified atom stereocenters. The summed E-state index contributed by atoms with van der Waals surface area (Å²) in [4.78, 5) is 9.17. The van der Waals surface area contributed by atoms with Crippen LogP contribution >= 0.6 is 15.9 Å². The van der Waals surface area contributed by atoms with E-state index >= 15 is 0 Å². The third kappa shape index (κ3) is 2.77. The summed E-state index contributed by atoms with van der Waals surface area (Å²) < 4.78 is 6.65. The maximum Gasteiger partial charge on any atom is 0.162 e. The molecule has 5 heteroatoms. The summed E-state index contributed by atoms with van der Waals surface area (Å²) in [6.07, 6.45) is 5.16. The molecule has 1 aromatic rings. The zero-order valence-corrected chi connectivity index (χ0v) is 13.5. The molecule has 1 aliphatic carbocycles. The highest BCUT2D eigenvalue weighted by Crippen LogP contribution is 2.41. The van der Waals surface area contributed by atoms with Gasteiger partial charge in [-0.05, 0) is 47.5 Å². The van der Waals surface area contributed by atoms with Crippen molar-refractivity contribution in [2.75, 3.05) is 12.8 Å². The number of aryl methyl sites for hydroxylation is 1. The van der Waals surface area contributed by atoms with Crippen LogP contribution in [0.3, 0.4) is 0 Å². The van der Waals surface area contributed by atoms with Gasteiger partial charge in [-0.25, -0.2) is 9.97 Å². The Morgan fingerprint density at radius 1 is 1.47 bits per heavy atom. The van der Waals surface area contributed by atoms with Crippen LogP contribution in [0.15, 0.2) is 4.47 Å². The monoisotopic (exact) mass is 327 g/mol. The van der Waals surface area contributed by atoms with Gasteiger partial charge in [-0.1, -0.05) is 20.3 Å². The molecule has 2 rings (SSSR count). The number of ether oxygens (including phenoxy) is 1. The molecule has 1 aromatic heterocycles. The fraction of sp³-hybridized carbons (Fsp3) is 0.714. The Hall–Kier alpha value is -0.680. The molecule has 1 heterocycles. The summed E-state index contributed by atoms with van der Waals surface area (Å²) in [6, 6.07) is 0. The average Bonchev–Trinajstić information content (AvgIpc) is 2.41. The zero-order chi connectivity index (χ0) is 14.0. The Bertz CT molecular complexity index is 466. The van der Waals surface area contributed by atoms with Gasteiger partial charge in [-0.15, -0.1) is 0 Å². The fourth-order valence-corrected chi connectivity index (χ4v) is 3.39. The lowest BCUT2D eigenvalue weighted by Gasteiger charge is -2.37. The molecule has 4 nitrogen and oxygen atoms in total. The van der Waals surface area contributed by atoms with Crippen molar-refractivity contribution in [2.45, 2.75) is 51.6 Å². The second-order valence-corrected chi connectivity index (χ2v) is 6.24. The molecule has 1 fully saturated rings. The van der Waals surface area contributed by atoms with Gasteiger partial charge < -0.3 is 10.5 Å². The number of methoxy groups -OCH3 is 1. The van der Waals surface area contributed by atoms with Crippen molar-refractivity contribution in [3.8, 4) is 0 Å². The number of nitrogens with two attached hydrogens (primary N) is 1. The first-order chi connectivity index (χ1) is 9.02. The van der Waals surface area contributed by atoms with Crippen molar-refractivity contribution in [3.05, 3.63) is 16.0 Å². The van der Waals surface area contributed by atoms with E-state index in [-0.39, 0.29) is 5.60 Å². The van der Waals surface area contributed by atoms with Crippen molar-refractivity contribution in [1.82, 2.24) is 9.97 Å². The van der Waals surface area contributed by atoms with Gasteiger partial charge in [0.25, 0.3) is 0 Å². The highest BCUT2D eigenvalue weighted by Gasteiger charge is 2.40. The Morgan fingerprint density at radius 2 is 2.21 bits per heavy atom. The van der Waals surface area contributed by atoms with Crippen LogP contribution in [0.4, 0.5) is 5.82 Å². The van der Waals surface area contributed by atoms with Crippen LogP contribution in [-0.4, -0.2) is 17.1 Å². The van der Waals surface area contributed by atoms with Crippen LogP contribution in [0.2, 0.25) is 0 Å². The Balaban J connectivity index is 2.46. The van der Waals surface area contributed by atoms with Crippen LogP contribution in [-0.2, 0) is 16.8 Å². The van der Waals surface area contributed by atoms with Gasteiger partial charge in [0.15, 0.2) is 5.82 Å².